The van der Waals surface area contributed by atoms with Crippen LogP contribution in [0.4, 0.5) is 0 Å². The molecule has 1 N–H and O–H groups in total. The van der Waals surface area contributed by atoms with Crippen LogP contribution in [0.2, 0.25) is 5.02 Å². The van der Waals surface area contributed by atoms with Gasteiger partial charge in [-0.15, -0.1) is 0 Å². The number of methoxy groups -OCH3 is 2. The summed E-state index contributed by atoms with van der Waals surface area (Å²) in [6, 6.07) is 19.9. The van der Waals surface area contributed by atoms with E-state index in [1.165, 1.54) is 0 Å². The number of hydrogen-bond acceptors (Lipinski definition) is 5. The van der Waals surface area contributed by atoms with Crippen molar-refractivity contribution in [2.24, 2.45) is 0 Å². The highest BCUT2D eigenvalue weighted by atomic mass is 35.5. The number of amides is 2. The van der Waals surface area contributed by atoms with Crippen molar-refractivity contribution in [2.45, 2.75) is 32.1 Å². The quantitative estimate of drug-likeness (QED) is 0.338. The standard InChI is InChI=1S/C29H28ClN3O5/c1-29(28(35)31-16-19-6-9-21(30)10-7-19)18-32-23(25-5-4-14-38-25)12-13-24(32)27(34)33(29)17-20-8-11-22(36-2)15-26(20)37-3/h4-15H,16-18H2,1-3H3,(H,31,35)/t29-/m1/s1. The van der Waals surface area contributed by atoms with Crippen LogP contribution >= 0.6 is 11.6 Å². The number of rotatable bonds is 8. The summed E-state index contributed by atoms with van der Waals surface area (Å²) in [6.07, 6.45) is 1.58. The van der Waals surface area contributed by atoms with E-state index >= 15 is 0 Å². The molecule has 0 radical (unpaired) electrons. The molecule has 0 spiro atoms. The minimum absolute atomic E-state index is 0.165. The zero-order valence-electron chi connectivity index (χ0n) is 21.4. The molecule has 1 aliphatic rings. The lowest BCUT2D eigenvalue weighted by Crippen LogP contribution is -2.63. The number of ether oxygens (including phenoxy) is 2. The van der Waals surface area contributed by atoms with Gasteiger partial charge >= 0.3 is 0 Å². The number of furan rings is 1. The smallest absolute Gasteiger partial charge is 0.271 e. The monoisotopic (exact) mass is 533 g/mol. The third-order valence-corrected chi connectivity index (χ3v) is 7.21. The first-order valence-electron chi connectivity index (χ1n) is 12.1. The van der Waals surface area contributed by atoms with Gasteiger partial charge in [0, 0.05) is 23.2 Å². The number of hydrogen-bond donors (Lipinski definition) is 1. The van der Waals surface area contributed by atoms with Gasteiger partial charge < -0.3 is 28.7 Å². The summed E-state index contributed by atoms with van der Waals surface area (Å²) < 4.78 is 18.4. The zero-order valence-corrected chi connectivity index (χ0v) is 22.1. The lowest BCUT2D eigenvalue weighted by Gasteiger charge is -2.44. The molecule has 2 amide bonds. The summed E-state index contributed by atoms with van der Waals surface area (Å²) in [4.78, 5) is 29.5. The van der Waals surface area contributed by atoms with Gasteiger partial charge in [-0.25, -0.2) is 0 Å². The summed E-state index contributed by atoms with van der Waals surface area (Å²) in [5.41, 5.74) is 1.64. The number of nitrogens with zero attached hydrogens (tertiary/aromatic N) is 2. The zero-order chi connectivity index (χ0) is 26.9. The van der Waals surface area contributed by atoms with Crippen molar-refractivity contribution >= 4 is 23.4 Å². The van der Waals surface area contributed by atoms with E-state index in [0.717, 1.165) is 16.8 Å². The van der Waals surface area contributed by atoms with Crippen LogP contribution in [-0.4, -0.2) is 41.0 Å². The van der Waals surface area contributed by atoms with E-state index in [0.29, 0.717) is 34.5 Å². The lowest BCUT2D eigenvalue weighted by molar-refractivity contribution is -0.133. The molecule has 0 fully saturated rings. The minimum Gasteiger partial charge on any atom is -0.497 e. The average Bonchev–Trinajstić information content (AvgIpc) is 3.60. The molecule has 196 valence electrons. The van der Waals surface area contributed by atoms with Crippen LogP contribution in [0.1, 0.15) is 28.5 Å². The van der Waals surface area contributed by atoms with Crippen LogP contribution < -0.4 is 14.8 Å². The molecule has 1 aliphatic heterocycles. The minimum atomic E-state index is -1.22. The highest BCUT2D eigenvalue weighted by molar-refractivity contribution is 6.30. The van der Waals surface area contributed by atoms with Crippen molar-refractivity contribution in [3.8, 4) is 23.0 Å². The first kappa shape index (κ1) is 25.5. The summed E-state index contributed by atoms with van der Waals surface area (Å²) in [5.74, 6) is 1.28. The molecule has 1 atom stereocenters. The molecule has 5 rings (SSSR count). The van der Waals surface area contributed by atoms with Gasteiger partial charge in [0.1, 0.15) is 28.5 Å². The molecule has 0 unspecified atom stereocenters. The van der Waals surface area contributed by atoms with Gasteiger partial charge in [0.2, 0.25) is 5.91 Å². The number of nitrogens with one attached hydrogen (secondary N) is 1. The fourth-order valence-corrected chi connectivity index (χ4v) is 4.91. The van der Waals surface area contributed by atoms with Gasteiger partial charge in [-0.05, 0) is 61.0 Å². The van der Waals surface area contributed by atoms with Crippen LogP contribution in [0.5, 0.6) is 11.5 Å². The van der Waals surface area contributed by atoms with Crippen LogP contribution in [-0.2, 0) is 24.4 Å². The second-order valence-electron chi connectivity index (χ2n) is 9.32. The summed E-state index contributed by atoms with van der Waals surface area (Å²) >= 11 is 6.01. The summed E-state index contributed by atoms with van der Waals surface area (Å²) in [7, 11) is 3.14. The topological polar surface area (TPSA) is 85.9 Å². The van der Waals surface area contributed by atoms with Crippen molar-refractivity contribution in [1.29, 1.82) is 0 Å². The van der Waals surface area contributed by atoms with Gasteiger partial charge in [0.15, 0.2) is 0 Å². The van der Waals surface area contributed by atoms with Gasteiger partial charge in [-0.3, -0.25) is 9.59 Å². The van der Waals surface area contributed by atoms with Gasteiger partial charge in [0.25, 0.3) is 5.91 Å². The van der Waals surface area contributed by atoms with Gasteiger partial charge in [0.05, 0.1) is 39.3 Å². The first-order chi connectivity index (χ1) is 18.3. The van der Waals surface area contributed by atoms with E-state index in [-0.39, 0.29) is 24.9 Å². The molecule has 38 heavy (non-hydrogen) atoms. The number of aromatic nitrogens is 1. The second kappa shape index (κ2) is 10.3. The predicted octanol–water partition coefficient (Wildman–Crippen LogP) is 5.15. The molecule has 0 bridgehead atoms. The van der Waals surface area contributed by atoms with Crippen molar-refractivity contribution in [2.75, 3.05) is 14.2 Å². The highest BCUT2D eigenvalue weighted by Gasteiger charge is 2.48. The third kappa shape index (κ3) is 4.63. The Bertz CT molecular complexity index is 1460. The third-order valence-electron chi connectivity index (χ3n) is 6.96. The van der Waals surface area contributed by atoms with E-state index < -0.39 is 5.54 Å². The highest BCUT2D eigenvalue weighted by Crippen LogP contribution is 2.36. The van der Waals surface area contributed by atoms with Crippen LogP contribution in [0.3, 0.4) is 0 Å². The van der Waals surface area contributed by atoms with Crippen LogP contribution in [0, 0.1) is 0 Å². The number of fused-ring (bicyclic) bond motifs is 1. The van der Waals surface area contributed by atoms with E-state index in [4.69, 9.17) is 25.5 Å². The Balaban J connectivity index is 1.52. The van der Waals surface area contributed by atoms with Gasteiger partial charge in [-0.2, -0.15) is 0 Å². The van der Waals surface area contributed by atoms with Gasteiger partial charge in [-0.1, -0.05) is 23.7 Å². The molecule has 0 saturated heterocycles. The maximum Gasteiger partial charge on any atom is 0.271 e. The molecule has 3 heterocycles. The molecular formula is C29H28ClN3O5. The lowest BCUT2D eigenvalue weighted by atomic mass is 9.93. The van der Waals surface area contributed by atoms with Crippen molar-refractivity contribution in [3.05, 3.63) is 94.8 Å². The SMILES string of the molecule is COc1ccc(CN2C(=O)c3ccc(-c4ccco4)n3C[C@]2(C)C(=O)NCc2ccc(Cl)cc2)c(OC)c1. The summed E-state index contributed by atoms with van der Waals surface area (Å²) in [6.45, 7) is 2.48. The normalized spacial score (nSPS) is 16.7. The Morgan fingerprint density at radius 3 is 2.50 bits per heavy atom. The second-order valence-corrected chi connectivity index (χ2v) is 9.76. The Labute approximate surface area is 225 Å². The maximum atomic E-state index is 14.0. The van der Waals surface area contributed by atoms with Crippen LogP contribution in [0.15, 0.2) is 77.4 Å². The van der Waals surface area contributed by atoms with Crippen molar-refractivity contribution < 1.29 is 23.5 Å². The number of halogens is 1. The van der Waals surface area contributed by atoms with Crippen LogP contribution in [0.25, 0.3) is 11.5 Å². The maximum absolute atomic E-state index is 14.0. The Morgan fingerprint density at radius 2 is 1.82 bits per heavy atom. The Hall–Kier alpha value is -4.17. The van der Waals surface area contributed by atoms with E-state index in [1.807, 2.05) is 41.0 Å². The number of carbonyl (C=O) groups excluding carboxylic acids is 2. The fraction of sp³-hybridized carbons (Fsp3) is 0.241. The Kier molecular flexibility index (Phi) is 6.91. The Morgan fingerprint density at radius 1 is 1.05 bits per heavy atom. The first-order valence-corrected chi connectivity index (χ1v) is 12.5. The van der Waals surface area contributed by atoms with Crippen molar-refractivity contribution in [1.82, 2.24) is 14.8 Å². The van der Waals surface area contributed by atoms with E-state index in [1.54, 1.807) is 62.6 Å². The largest absolute Gasteiger partial charge is 0.497 e. The summed E-state index contributed by atoms with van der Waals surface area (Å²) in [5, 5.41) is 3.65. The number of benzene rings is 2. The fourth-order valence-electron chi connectivity index (χ4n) is 4.79. The molecule has 0 saturated carbocycles. The van der Waals surface area contributed by atoms with Crippen molar-refractivity contribution in [3.63, 3.8) is 0 Å². The molecule has 2 aromatic carbocycles. The average molecular weight is 534 g/mol. The molecule has 8 nitrogen and oxygen atoms in total. The van der Waals surface area contributed by atoms with E-state index in [9.17, 15) is 9.59 Å². The molecule has 4 aromatic rings. The van der Waals surface area contributed by atoms with E-state index in [2.05, 4.69) is 5.32 Å². The number of carbonyl (C=O) groups is 2. The molecular weight excluding hydrogens is 506 g/mol. The molecule has 9 heteroatoms. The molecule has 2 aromatic heterocycles. The predicted molar refractivity (Wildman–Crippen MR) is 143 cm³/mol. The molecule has 0 aliphatic carbocycles.